The predicted octanol–water partition coefficient (Wildman–Crippen LogP) is 13.1. The van der Waals surface area contributed by atoms with E-state index < -0.39 is 102 Å². The molecule has 0 spiro atoms. The van der Waals surface area contributed by atoms with Gasteiger partial charge in [0.2, 0.25) is 28.2 Å². The molecule has 0 fully saturated rings. The molecule has 53 heavy (non-hydrogen) atoms. The Hall–Kier alpha value is -2.30. The van der Waals surface area contributed by atoms with Crippen LogP contribution in [0.4, 0.5) is 158 Å². The summed E-state index contributed by atoms with van der Waals surface area (Å²) in [6, 6.07) is 0. The van der Waals surface area contributed by atoms with Crippen molar-refractivity contribution in [3.8, 4) is 0 Å². The number of hydrogen-bond donors (Lipinski definition) is 0. The van der Waals surface area contributed by atoms with E-state index in [2.05, 4.69) is 0 Å². The lowest BCUT2D eigenvalue weighted by Gasteiger charge is -2.69. The fraction of sp³-hybridized carbons (Fsp3) is 1.00. The summed E-state index contributed by atoms with van der Waals surface area (Å²) in [7, 11) is -17.0. The van der Waals surface area contributed by atoms with Crippen LogP contribution in [0.15, 0.2) is 0 Å². The van der Waals surface area contributed by atoms with E-state index >= 15 is 0 Å². The number of rotatable bonds is 4. The molecule has 0 aliphatic carbocycles. The van der Waals surface area contributed by atoms with Crippen molar-refractivity contribution in [2.45, 2.75) is 94.3 Å². The maximum Gasteiger partial charge on any atom is 0.409 e. The Bertz CT molecular complexity index is 941. The normalized spacial score (nSPS) is 17.4. The first-order chi connectivity index (χ1) is 22.0. The third kappa shape index (κ3) is 5.63. The van der Waals surface area contributed by atoms with E-state index in [1.807, 2.05) is 0 Å². The molecule has 0 saturated heterocycles. The van der Waals surface area contributed by atoms with Crippen molar-refractivity contribution in [2.75, 3.05) is 0 Å². The summed E-state index contributed by atoms with van der Waals surface area (Å²) in [5.74, 6) is 0. The minimum Gasteiger partial charge on any atom is -0.170 e. The zero-order valence-electron chi connectivity index (χ0n) is 22.1. The van der Waals surface area contributed by atoms with Gasteiger partial charge in [-0.25, -0.2) is 0 Å². The first-order valence-electron chi connectivity index (χ1n) is 10.8. The van der Waals surface area contributed by atoms with Gasteiger partial charge >= 0.3 is 74.1 Å². The van der Waals surface area contributed by atoms with E-state index in [9.17, 15) is 158 Å². The van der Waals surface area contributed by atoms with Gasteiger partial charge < -0.3 is 0 Å². The van der Waals surface area contributed by atoms with Crippen LogP contribution in [0, 0.1) is 0 Å². The van der Waals surface area contributed by atoms with Gasteiger partial charge in [-0.2, -0.15) is 158 Å². The standard InChI is InChI=1S/C16F36Si/c17-5(18,19)1(6(20,21)22,7(23,24)25)53(2(8(26,27)28,9(29,30)31)10(32,33)34,3(11(35,36)37,12(38,39)40)13(41,42)43)4(14(44,45)46,15(47,48)49)16(50,51)52. The van der Waals surface area contributed by atoms with Gasteiger partial charge in [0.1, 0.15) is 0 Å². The summed E-state index contributed by atoms with van der Waals surface area (Å²) in [6.45, 7) is 0. The largest absolute Gasteiger partial charge is 0.409 e. The Morgan fingerprint density at radius 1 is 0.132 bits per heavy atom. The molecule has 0 amide bonds. The van der Waals surface area contributed by atoms with E-state index in [0.29, 0.717) is 0 Å². The van der Waals surface area contributed by atoms with Crippen molar-refractivity contribution in [1.82, 2.24) is 0 Å². The smallest absolute Gasteiger partial charge is 0.170 e. The fourth-order valence-electron chi connectivity index (χ4n) is 6.17. The quantitative estimate of drug-likeness (QED) is 0.195. The van der Waals surface area contributed by atoms with Gasteiger partial charge in [0, 0.05) is 0 Å². The number of alkyl halides is 36. The molecule has 0 rings (SSSR count). The average molecular weight is 904 g/mol. The van der Waals surface area contributed by atoms with Crippen molar-refractivity contribution < 1.29 is 158 Å². The van der Waals surface area contributed by atoms with Crippen molar-refractivity contribution in [2.24, 2.45) is 0 Å². The van der Waals surface area contributed by atoms with Crippen LogP contribution in [0.3, 0.4) is 0 Å². The summed E-state index contributed by atoms with van der Waals surface area (Å²) in [4.78, 5) is 0. The van der Waals surface area contributed by atoms with E-state index in [1.165, 1.54) is 0 Å². The Morgan fingerprint density at radius 2 is 0.189 bits per heavy atom. The molecule has 0 aromatic carbocycles. The fourth-order valence-corrected chi connectivity index (χ4v) is 14.6. The zero-order valence-corrected chi connectivity index (χ0v) is 23.1. The molecular weight excluding hydrogens is 904 g/mol. The SMILES string of the molecule is FC(F)(F)C(C(F)(F)F)(C(F)(F)F)[Si](C(C(F)(F)F)(C(F)(F)F)C(F)(F)F)(C(C(F)(F)F)(C(F)(F)F)C(F)(F)F)C(C(F)(F)F)(C(F)(F)F)C(F)(F)F. The highest BCUT2D eigenvalue weighted by Gasteiger charge is 3.21. The zero-order chi connectivity index (χ0) is 44.5. The van der Waals surface area contributed by atoms with Gasteiger partial charge in [0.05, 0.1) is 0 Å². The van der Waals surface area contributed by atoms with Crippen molar-refractivity contribution in [3.05, 3.63) is 0 Å². The van der Waals surface area contributed by atoms with Crippen LogP contribution in [0.25, 0.3) is 0 Å². The second kappa shape index (κ2) is 11.9. The van der Waals surface area contributed by atoms with E-state index in [4.69, 9.17) is 0 Å². The molecule has 0 aromatic heterocycles. The van der Waals surface area contributed by atoms with Crippen molar-refractivity contribution in [3.63, 3.8) is 0 Å². The van der Waals surface area contributed by atoms with Crippen LogP contribution in [0.2, 0.25) is 20.2 Å². The average Bonchev–Trinajstić information content (AvgIpc) is 2.60. The molecule has 0 aliphatic rings. The third-order valence-corrected chi connectivity index (χ3v) is 15.3. The van der Waals surface area contributed by atoms with Crippen LogP contribution < -0.4 is 0 Å². The molecule has 0 N–H and O–H groups in total. The summed E-state index contributed by atoms with van der Waals surface area (Å²) in [5.41, 5.74) is 0. The van der Waals surface area contributed by atoms with Crippen LogP contribution in [0.5, 0.6) is 0 Å². The lowest BCUT2D eigenvalue weighted by Crippen LogP contribution is -2.95. The van der Waals surface area contributed by atoms with E-state index in [0.717, 1.165) is 0 Å². The maximum atomic E-state index is 14.2. The van der Waals surface area contributed by atoms with Gasteiger partial charge in [-0.05, 0) is 0 Å². The van der Waals surface area contributed by atoms with E-state index in [-0.39, 0.29) is 0 Å². The second-order valence-corrected chi connectivity index (χ2v) is 14.2. The van der Waals surface area contributed by atoms with Gasteiger partial charge in [0.25, 0.3) is 0 Å². The highest BCUT2D eigenvalue weighted by molar-refractivity contribution is 6.93. The maximum absolute atomic E-state index is 17.0. The highest BCUT2D eigenvalue weighted by Crippen LogP contribution is 2.98. The molecule has 0 bridgehead atoms. The summed E-state index contributed by atoms with van der Waals surface area (Å²) in [6.07, 6.45) is -136. The molecule has 0 heterocycles. The van der Waals surface area contributed by atoms with Gasteiger partial charge in [-0.15, -0.1) is 0 Å². The minimum absolute atomic E-state index is 11.3. The molecule has 320 valence electrons. The molecule has 0 saturated carbocycles. The molecule has 37 heteroatoms. The van der Waals surface area contributed by atoms with Gasteiger partial charge in [-0.1, -0.05) is 0 Å². The monoisotopic (exact) mass is 904 g/mol. The van der Waals surface area contributed by atoms with Crippen molar-refractivity contribution in [1.29, 1.82) is 0 Å². The van der Waals surface area contributed by atoms with Crippen molar-refractivity contribution >= 4 is 8.07 Å². The molecule has 0 atom stereocenters. The second-order valence-electron chi connectivity index (χ2n) is 9.72. The van der Waals surface area contributed by atoms with E-state index in [1.54, 1.807) is 0 Å². The first kappa shape index (κ1) is 50.7. The van der Waals surface area contributed by atoms with Crippen LogP contribution >= 0.6 is 0 Å². The van der Waals surface area contributed by atoms with Gasteiger partial charge in [-0.3, -0.25) is 0 Å². The lowest BCUT2D eigenvalue weighted by molar-refractivity contribution is -0.422. The predicted molar refractivity (Wildman–Crippen MR) is 89.2 cm³/mol. The molecule has 0 unspecified atom stereocenters. The first-order valence-corrected chi connectivity index (χ1v) is 12.8. The van der Waals surface area contributed by atoms with Crippen LogP contribution in [-0.2, 0) is 0 Å². The molecule has 0 radical (unpaired) electrons. The summed E-state index contributed by atoms with van der Waals surface area (Å²) >= 11 is 0. The Labute approximate surface area is 262 Å². The number of halogens is 36. The number of hydrogen-bond acceptors (Lipinski definition) is 0. The molecule has 0 aromatic rings. The van der Waals surface area contributed by atoms with Crippen LogP contribution in [-0.4, -0.2) is 82.2 Å². The summed E-state index contributed by atoms with van der Waals surface area (Å²) < 4.78 is 512. The molecular formula is C16F36Si. The minimum atomic E-state index is -17.0. The topological polar surface area (TPSA) is 0 Å². The Kier molecular flexibility index (Phi) is 11.3. The highest BCUT2D eigenvalue weighted by atomic mass is 28.3. The Morgan fingerprint density at radius 3 is 0.226 bits per heavy atom. The molecule has 0 aliphatic heterocycles. The van der Waals surface area contributed by atoms with Crippen LogP contribution in [0.1, 0.15) is 0 Å². The van der Waals surface area contributed by atoms with Gasteiger partial charge in [0.15, 0.2) is 0 Å². The Balaban J connectivity index is 12.9. The summed E-state index contributed by atoms with van der Waals surface area (Å²) in [5, 5.41) is -50.6. The third-order valence-electron chi connectivity index (χ3n) is 7.35. The lowest BCUT2D eigenvalue weighted by atomic mass is 10.0. The molecule has 0 nitrogen and oxygen atoms in total.